The minimum absolute atomic E-state index is 0.0505. The summed E-state index contributed by atoms with van der Waals surface area (Å²) < 4.78 is 10.5. The number of carbonyl (C=O) groups is 1. The molecule has 1 fully saturated rings. The molecule has 0 saturated carbocycles. The topological polar surface area (TPSA) is 50.8 Å². The van der Waals surface area contributed by atoms with E-state index in [4.69, 9.17) is 21.1 Å². The number of ether oxygens (including phenoxy) is 2. The Morgan fingerprint density at radius 1 is 1.35 bits per heavy atom. The molecule has 2 rings (SSSR count). The summed E-state index contributed by atoms with van der Waals surface area (Å²) in [5, 5.41) is 3.64. The van der Waals surface area contributed by atoms with Gasteiger partial charge in [0.25, 0.3) is 0 Å². The molecule has 1 amide bonds. The number of methoxy groups -OCH3 is 2. The Balaban J connectivity index is 2.35. The highest BCUT2D eigenvalue weighted by Crippen LogP contribution is 2.39. The van der Waals surface area contributed by atoms with Crippen LogP contribution in [0.5, 0.6) is 11.5 Å². The minimum Gasteiger partial charge on any atom is -0.495 e. The second-order valence-electron chi connectivity index (χ2n) is 4.55. The van der Waals surface area contributed by atoms with Gasteiger partial charge in [0.05, 0.1) is 31.0 Å². The molecule has 0 spiro atoms. The molecule has 0 bridgehead atoms. The summed E-state index contributed by atoms with van der Waals surface area (Å²) in [6.07, 6.45) is 0.779. The zero-order chi connectivity index (χ0) is 14.7. The Morgan fingerprint density at radius 3 is 2.65 bits per heavy atom. The number of benzene rings is 1. The van der Waals surface area contributed by atoms with Crippen molar-refractivity contribution in [3.63, 3.8) is 0 Å². The number of rotatable bonds is 5. The van der Waals surface area contributed by atoms with Crippen LogP contribution >= 0.6 is 11.6 Å². The van der Waals surface area contributed by atoms with Gasteiger partial charge in [-0.15, -0.1) is 0 Å². The number of carbonyl (C=O) groups excluding carboxylic acids is 1. The maximum absolute atomic E-state index is 12.4. The van der Waals surface area contributed by atoms with Crippen LogP contribution < -0.4 is 19.7 Å². The fourth-order valence-electron chi connectivity index (χ4n) is 2.41. The summed E-state index contributed by atoms with van der Waals surface area (Å²) in [5.74, 6) is 1.15. The number of hydrogen-bond donors (Lipinski definition) is 1. The van der Waals surface area contributed by atoms with Crippen LogP contribution in [0, 0.1) is 0 Å². The van der Waals surface area contributed by atoms with Crippen LogP contribution in [0.3, 0.4) is 0 Å². The van der Waals surface area contributed by atoms with E-state index in [9.17, 15) is 4.79 Å². The van der Waals surface area contributed by atoms with E-state index in [0.29, 0.717) is 28.8 Å². The molecular weight excluding hydrogens is 280 g/mol. The lowest BCUT2D eigenvalue weighted by Crippen LogP contribution is -2.38. The highest BCUT2D eigenvalue weighted by Gasteiger charge is 2.33. The lowest BCUT2D eigenvalue weighted by Gasteiger charge is -2.21. The third-order valence-electron chi connectivity index (χ3n) is 3.40. The molecule has 0 radical (unpaired) electrons. The van der Waals surface area contributed by atoms with E-state index in [1.807, 2.05) is 6.92 Å². The van der Waals surface area contributed by atoms with Gasteiger partial charge in [0, 0.05) is 18.7 Å². The maximum atomic E-state index is 12.4. The molecule has 1 aromatic carbocycles. The van der Waals surface area contributed by atoms with E-state index < -0.39 is 0 Å². The number of nitrogens with one attached hydrogen (secondary N) is 1. The molecule has 1 atom stereocenters. The van der Waals surface area contributed by atoms with Crippen LogP contribution in [-0.4, -0.2) is 39.3 Å². The number of amides is 1. The number of likely N-dealkylation sites (N-methyl/N-ethyl adjacent to an activating group) is 1. The molecule has 1 aliphatic rings. The van der Waals surface area contributed by atoms with Gasteiger partial charge in [0.2, 0.25) is 5.91 Å². The van der Waals surface area contributed by atoms with E-state index in [-0.39, 0.29) is 11.9 Å². The van der Waals surface area contributed by atoms with Crippen molar-refractivity contribution in [3.8, 4) is 11.5 Å². The summed E-state index contributed by atoms with van der Waals surface area (Å²) in [5.41, 5.74) is 0.694. The first-order valence-corrected chi connectivity index (χ1v) is 6.96. The summed E-state index contributed by atoms with van der Waals surface area (Å²) in [6.45, 7) is 3.41. The van der Waals surface area contributed by atoms with E-state index in [1.165, 1.54) is 0 Å². The van der Waals surface area contributed by atoms with Crippen molar-refractivity contribution in [2.24, 2.45) is 0 Å². The first-order chi connectivity index (χ1) is 9.62. The Labute approximate surface area is 123 Å². The Morgan fingerprint density at radius 2 is 2.05 bits per heavy atom. The van der Waals surface area contributed by atoms with Gasteiger partial charge in [-0.3, -0.25) is 4.79 Å². The van der Waals surface area contributed by atoms with Crippen molar-refractivity contribution < 1.29 is 14.3 Å². The fraction of sp³-hybridized carbons (Fsp3) is 0.500. The first-order valence-electron chi connectivity index (χ1n) is 6.58. The third kappa shape index (κ3) is 2.69. The first kappa shape index (κ1) is 14.9. The van der Waals surface area contributed by atoms with Gasteiger partial charge in [-0.05, 0) is 13.0 Å². The summed E-state index contributed by atoms with van der Waals surface area (Å²) >= 11 is 6.08. The van der Waals surface area contributed by atoms with Crippen LogP contribution in [0.1, 0.15) is 13.3 Å². The molecule has 20 heavy (non-hydrogen) atoms. The largest absolute Gasteiger partial charge is 0.495 e. The van der Waals surface area contributed by atoms with Crippen molar-refractivity contribution in [3.05, 3.63) is 17.2 Å². The summed E-state index contributed by atoms with van der Waals surface area (Å²) in [7, 11) is 3.11. The molecular formula is C14H19ClN2O3. The second kappa shape index (κ2) is 6.33. The van der Waals surface area contributed by atoms with Crippen LogP contribution in [-0.2, 0) is 4.79 Å². The lowest BCUT2D eigenvalue weighted by atomic mass is 10.2. The zero-order valence-corrected chi connectivity index (χ0v) is 12.7. The van der Waals surface area contributed by atoms with Crippen LogP contribution in [0.25, 0.3) is 0 Å². The molecule has 110 valence electrons. The molecule has 1 N–H and O–H groups in total. The molecule has 5 nitrogen and oxygen atoms in total. The van der Waals surface area contributed by atoms with Crippen LogP contribution in [0.4, 0.5) is 5.69 Å². The van der Waals surface area contributed by atoms with Gasteiger partial charge >= 0.3 is 0 Å². The molecule has 1 aromatic rings. The zero-order valence-electron chi connectivity index (χ0n) is 11.9. The second-order valence-corrected chi connectivity index (χ2v) is 4.95. The number of nitrogens with zero attached hydrogens (tertiary/aromatic N) is 1. The highest BCUT2D eigenvalue weighted by molar-refractivity contribution is 6.32. The van der Waals surface area contributed by atoms with Gasteiger partial charge in [-0.1, -0.05) is 18.5 Å². The Kier molecular flexibility index (Phi) is 4.73. The van der Waals surface area contributed by atoms with Gasteiger partial charge in [-0.25, -0.2) is 0 Å². The van der Waals surface area contributed by atoms with Crippen molar-refractivity contribution >= 4 is 23.2 Å². The molecule has 1 aliphatic heterocycles. The van der Waals surface area contributed by atoms with Crippen LogP contribution in [0.2, 0.25) is 5.02 Å². The van der Waals surface area contributed by atoms with Crippen molar-refractivity contribution in [2.75, 3.05) is 32.2 Å². The average molecular weight is 299 g/mol. The lowest BCUT2D eigenvalue weighted by molar-refractivity contribution is -0.118. The smallest absolute Gasteiger partial charge is 0.244 e. The SMILES string of the molecule is CCNC1CCN(c2cc(OC)c(Cl)cc2OC)C1=O. The van der Waals surface area contributed by atoms with Gasteiger partial charge in [-0.2, -0.15) is 0 Å². The van der Waals surface area contributed by atoms with Crippen LogP contribution in [0.15, 0.2) is 12.1 Å². The Hall–Kier alpha value is -1.46. The third-order valence-corrected chi connectivity index (χ3v) is 3.70. The highest BCUT2D eigenvalue weighted by atomic mass is 35.5. The van der Waals surface area contributed by atoms with Crippen molar-refractivity contribution in [2.45, 2.75) is 19.4 Å². The number of hydrogen-bond acceptors (Lipinski definition) is 4. The van der Waals surface area contributed by atoms with E-state index in [1.54, 1.807) is 31.3 Å². The van der Waals surface area contributed by atoms with Crippen molar-refractivity contribution in [1.82, 2.24) is 5.32 Å². The number of anilines is 1. The number of halogens is 1. The Bertz CT molecular complexity index is 507. The van der Waals surface area contributed by atoms with Crippen molar-refractivity contribution in [1.29, 1.82) is 0 Å². The average Bonchev–Trinajstić information content (AvgIpc) is 2.80. The quantitative estimate of drug-likeness (QED) is 0.904. The fourth-order valence-corrected chi connectivity index (χ4v) is 2.64. The van der Waals surface area contributed by atoms with Gasteiger partial charge in [0.1, 0.15) is 11.5 Å². The maximum Gasteiger partial charge on any atom is 0.244 e. The normalized spacial score (nSPS) is 18.5. The van der Waals surface area contributed by atoms with E-state index >= 15 is 0 Å². The predicted molar refractivity (Wildman–Crippen MR) is 79.0 cm³/mol. The standard InChI is InChI=1S/C14H19ClN2O3/c1-4-16-10-5-6-17(14(10)18)11-8-12(19-2)9(15)7-13(11)20-3/h7-8,10,16H,4-6H2,1-3H3. The molecule has 0 aliphatic carbocycles. The molecule has 0 aromatic heterocycles. The van der Waals surface area contributed by atoms with E-state index in [0.717, 1.165) is 13.0 Å². The monoisotopic (exact) mass is 298 g/mol. The predicted octanol–water partition coefficient (Wildman–Crippen LogP) is 2.07. The molecule has 1 saturated heterocycles. The minimum atomic E-state index is -0.133. The van der Waals surface area contributed by atoms with Gasteiger partial charge in [0.15, 0.2) is 0 Å². The molecule has 1 heterocycles. The molecule has 1 unspecified atom stereocenters. The molecule has 6 heteroatoms. The van der Waals surface area contributed by atoms with Gasteiger partial charge < -0.3 is 19.7 Å². The summed E-state index contributed by atoms with van der Waals surface area (Å²) in [4.78, 5) is 14.1. The van der Waals surface area contributed by atoms with E-state index in [2.05, 4.69) is 5.32 Å². The summed E-state index contributed by atoms with van der Waals surface area (Å²) in [6, 6.07) is 3.28.